The van der Waals surface area contributed by atoms with Gasteiger partial charge in [0.05, 0.1) is 11.1 Å². The summed E-state index contributed by atoms with van der Waals surface area (Å²) in [6, 6.07) is 12.5. The van der Waals surface area contributed by atoms with Crippen LogP contribution in [0.4, 0.5) is 10.1 Å². The first kappa shape index (κ1) is 18.3. The van der Waals surface area contributed by atoms with Crippen molar-refractivity contribution in [3.05, 3.63) is 65.5 Å². The first-order valence-electron chi connectivity index (χ1n) is 9.56. The molecule has 2 unspecified atom stereocenters. The maximum Gasteiger partial charge on any atom is 0.261 e. The number of fused-ring (bicyclic) bond motifs is 1. The van der Waals surface area contributed by atoms with Crippen LogP contribution < -0.4 is 5.32 Å². The quantitative estimate of drug-likeness (QED) is 0.819. The third kappa shape index (κ3) is 3.42. The van der Waals surface area contributed by atoms with Crippen LogP contribution in [0.25, 0.3) is 0 Å². The Kier molecular flexibility index (Phi) is 4.94. The van der Waals surface area contributed by atoms with E-state index in [-0.39, 0.29) is 41.9 Å². The minimum absolute atomic E-state index is 0.0867. The number of hydrogen-bond acceptors (Lipinski definition) is 3. The highest BCUT2D eigenvalue weighted by molar-refractivity contribution is 6.21. The molecule has 6 heteroatoms. The van der Waals surface area contributed by atoms with E-state index >= 15 is 0 Å². The zero-order chi connectivity index (χ0) is 19.7. The van der Waals surface area contributed by atoms with Gasteiger partial charge in [-0.1, -0.05) is 25.0 Å². The largest absolute Gasteiger partial charge is 0.326 e. The van der Waals surface area contributed by atoms with Gasteiger partial charge in [-0.3, -0.25) is 19.3 Å². The summed E-state index contributed by atoms with van der Waals surface area (Å²) >= 11 is 0. The van der Waals surface area contributed by atoms with Gasteiger partial charge in [0.25, 0.3) is 11.8 Å². The molecule has 0 saturated heterocycles. The standard InChI is InChI=1S/C22H21FN2O3/c23-15-9-11-16(12-10-15)24-20(26)17-6-2-1-5-14(17)13-25-21(27)18-7-3-4-8-19(18)22(25)28/h3-4,7-12,14,17H,1-2,5-6,13H2,(H,24,26). The third-order valence-electron chi connectivity index (χ3n) is 5.65. The number of hydrogen-bond donors (Lipinski definition) is 1. The van der Waals surface area contributed by atoms with E-state index in [9.17, 15) is 18.8 Å². The molecule has 2 aromatic rings. The maximum atomic E-state index is 13.1. The van der Waals surface area contributed by atoms with Crippen LogP contribution in [0.2, 0.25) is 0 Å². The lowest BCUT2D eigenvalue weighted by atomic mass is 9.78. The normalized spacial score (nSPS) is 21.5. The van der Waals surface area contributed by atoms with Crippen molar-refractivity contribution in [3.63, 3.8) is 0 Å². The van der Waals surface area contributed by atoms with E-state index in [4.69, 9.17) is 0 Å². The number of anilines is 1. The molecule has 4 rings (SSSR count). The van der Waals surface area contributed by atoms with E-state index in [1.54, 1.807) is 24.3 Å². The molecule has 0 bridgehead atoms. The van der Waals surface area contributed by atoms with Crippen molar-refractivity contribution in [1.29, 1.82) is 0 Å². The molecule has 1 fully saturated rings. The van der Waals surface area contributed by atoms with Crippen molar-refractivity contribution >= 4 is 23.4 Å². The minimum atomic E-state index is -0.362. The van der Waals surface area contributed by atoms with Crippen LogP contribution in [-0.2, 0) is 4.79 Å². The van der Waals surface area contributed by atoms with Gasteiger partial charge in [-0.05, 0) is 55.2 Å². The zero-order valence-electron chi connectivity index (χ0n) is 15.4. The molecule has 1 N–H and O–H groups in total. The molecule has 1 heterocycles. The molecule has 2 aliphatic rings. The van der Waals surface area contributed by atoms with Gasteiger partial charge in [0.15, 0.2) is 0 Å². The van der Waals surface area contributed by atoms with Gasteiger partial charge in [-0.2, -0.15) is 0 Å². The van der Waals surface area contributed by atoms with Crippen LogP contribution in [0.15, 0.2) is 48.5 Å². The monoisotopic (exact) mass is 380 g/mol. The molecule has 2 aromatic carbocycles. The zero-order valence-corrected chi connectivity index (χ0v) is 15.4. The molecule has 0 radical (unpaired) electrons. The molecular weight excluding hydrogens is 359 g/mol. The van der Waals surface area contributed by atoms with Gasteiger partial charge >= 0.3 is 0 Å². The van der Waals surface area contributed by atoms with Crippen molar-refractivity contribution in [2.45, 2.75) is 25.7 Å². The number of amides is 3. The third-order valence-corrected chi connectivity index (χ3v) is 5.65. The van der Waals surface area contributed by atoms with E-state index in [0.29, 0.717) is 23.2 Å². The van der Waals surface area contributed by atoms with Gasteiger partial charge < -0.3 is 5.32 Å². The predicted octanol–water partition coefficient (Wildman–Crippen LogP) is 3.87. The second-order valence-corrected chi connectivity index (χ2v) is 7.41. The van der Waals surface area contributed by atoms with E-state index < -0.39 is 0 Å². The Morgan fingerprint density at radius 3 is 2.21 bits per heavy atom. The van der Waals surface area contributed by atoms with Gasteiger partial charge in [-0.15, -0.1) is 0 Å². The molecule has 1 saturated carbocycles. The smallest absolute Gasteiger partial charge is 0.261 e. The fourth-order valence-electron chi connectivity index (χ4n) is 4.18. The molecular formula is C22H21FN2O3. The van der Waals surface area contributed by atoms with Crippen LogP contribution in [0.1, 0.15) is 46.4 Å². The molecule has 2 atom stereocenters. The van der Waals surface area contributed by atoms with Crippen LogP contribution in [0, 0.1) is 17.7 Å². The van der Waals surface area contributed by atoms with Gasteiger partial charge in [0.1, 0.15) is 5.82 Å². The molecule has 28 heavy (non-hydrogen) atoms. The van der Waals surface area contributed by atoms with Crippen molar-refractivity contribution in [2.75, 3.05) is 11.9 Å². The van der Waals surface area contributed by atoms with E-state index in [1.165, 1.54) is 29.2 Å². The number of nitrogens with zero attached hydrogens (tertiary/aromatic N) is 1. The Labute approximate surface area is 162 Å². The molecule has 0 aromatic heterocycles. The van der Waals surface area contributed by atoms with Crippen LogP contribution in [-0.4, -0.2) is 29.2 Å². The van der Waals surface area contributed by atoms with Crippen molar-refractivity contribution in [1.82, 2.24) is 4.90 Å². The van der Waals surface area contributed by atoms with Crippen molar-refractivity contribution in [2.24, 2.45) is 11.8 Å². The van der Waals surface area contributed by atoms with Crippen molar-refractivity contribution < 1.29 is 18.8 Å². The van der Waals surface area contributed by atoms with Crippen LogP contribution >= 0.6 is 0 Å². The fraction of sp³-hybridized carbons (Fsp3) is 0.318. The van der Waals surface area contributed by atoms with Gasteiger partial charge in [0, 0.05) is 18.2 Å². The first-order valence-corrected chi connectivity index (χ1v) is 9.56. The fourth-order valence-corrected chi connectivity index (χ4v) is 4.18. The summed E-state index contributed by atoms with van der Waals surface area (Å²) in [5, 5.41) is 2.84. The molecule has 5 nitrogen and oxygen atoms in total. The molecule has 144 valence electrons. The second kappa shape index (κ2) is 7.54. The Morgan fingerprint density at radius 2 is 1.57 bits per heavy atom. The Hall–Kier alpha value is -3.02. The summed E-state index contributed by atoms with van der Waals surface area (Å²) < 4.78 is 13.1. The molecule has 0 spiro atoms. The van der Waals surface area contributed by atoms with E-state index in [2.05, 4.69) is 5.32 Å². The minimum Gasteiger partial charge on any atom is -0.326 e. The number of benzene rings is 2. The summed E-state index contributed by atoms with van der Waals surface area (Å²) in [4.78, 5) is 39.4. The maximum absolute atomic E-state index is 13.1. The summed E-state index contributed by atoms with van der Waals surface area (Å²) in [5.41, 5.74) is 1.39. The highest BCUT2D eigenvalue weighted by atomic mass is 19.1. The Balaban J connectivity index is 1.48. The summed E-state index contributed by atoms with van der Waals surface area (Å²) in [6.07, 6.45) is 3.39. The topological polar surface area (TPSA) is 66.5 Å². The van der Waals surface area contributed by atoms with Gasteiger partial charge in [0.2, 0.25) is 5.91 Å². The molecule has 3 amide bonds. The summed E-state index contributed by atoms with van der Waals surface area (Å²) in [7, 11) is 0. The van der Waals surface area contributed by atoms with Crippen LogP contribution in [0.3, 0.4) is 0 Å². The Morgan fingerprint density at radius 1 is 0.964 bits per heavy atom. The number of rotatable bonds is 4. The first-order chi connectivity index (χ1) is 13.5. The van der Waals surface area contributed by atoms with E-state index in [0.717, 1.165) is 19.3 Å². The lowest BCUT2D eigenvalue weighted by Crippen LogP contribution is -2.41. The van der Waals surface area contributed by atoms with Crippen molar-refractivity contribution in [3.8, 4) is 0 Å². The van der Waals surface area contributed by atoms with Crippen LogP contribution in [0.5, 0.6) is 0 Å². The number of carbonyl (C=O) groups excluding carboxylic acids is 3. The summed E-state index contributed by atoms with van der Waals surface area (Å²) in [5.74, 6) is -1.46. The predicted molar refractivity (Wildman–Crippen MR) is 102 cm³/mol. The number of imide groups is 1. The highest BCUT2D eigenvalue weighted by Crippen LogP contribution is 2.34. The van der Waals surface area contributed by atoms with Gasteiger partial charge in [-0.25, -0.2) is 4.39 Å². The molecule has 1 aliphatic heterocycles. The number of halogens is 1. The number of nitrogens with one attached hydrogen (secondary N) is 1. The SMILES string of the molecule is O=C(Nc1ccc(F)cc1)C1CCCCC1CN1C(=O)c2ccccc2C1=O. The van der Waals surface area contributed by atoms with E-state index in [1.807, 2.05) is 0 Å². The summed E-state index contributed by atoms with van der Waals surface area (Å²) in [6.45, 7) is 0.244. The average Bonchev–Trinajstić information content (AvgIpc) is 2.95. The average molecular weight is 380 g/mol. The molecule has 1 aliphatic carbocycles. The highest BCUT2D eigenvalue weighted by Gasteiger charge is 2.39. The Bertz CT molecular complexity index is 891. The number of carbonyl (C=O) groups is 3. The lowest BCUT2D eigenvalue weighted by Gasteiger charge is -2.32. The second-order valence-electron chi connectivity index (χ2n) is 7.41. The lowest BCUT2D eigenvalue weighted by molar-refractivity contribution is -0.122.